The zero-order valence-corrected chi connectivity index (χ0v) is 20.0. The van der Waals surface area contributed by atoms with Gasteiger partial charge in [-0.15, -0.1) is 0 Å². The minimum atomic E-state index is -3.90. The first kappa shape index (κ1) is 24.7. The van der Waals surface area contributed by atoms with Crippen LogP contribution >= 0.6 is 0 Å². The predicted molar refractivity (Wildman–Crippen MR) is 123 cm³/mol. The van der Waals surface area contributed by atoms with Crippen LogP contribution < -0.4 is 4.74 Å². The fourth-order valence-electron chi connectivity index (χ4n) is 4.30. The lowest BCUT2D eigenvalue weighted by molar-refractivity contribution is -0.168. The molecule has 1 fully saturated rings. The van der Waals surface area contributed by atoms with Gasteiger partial charge in [-0.1, -0.05) is 49.1 Å². The first-order valence-electron chi connectivity index (χ1n) is 11.2. The monoisotopic (exact) mass is 462 g/mol. The van der Waals surface area contributed by atoms with Crippen LogP contribution in [0.5, 0.6) is 5.75 Å². The molecule has 1 saturated carbocycles. The SMILES string of the molecule is CCOCOC1([C@H](COS(=O)(=O)c2ccc(C)cc2)c2ccc(OC)cc2)CCCCC1. The molecule has 0 bridgehead atoms. The maximum Gasteiger partial charge on any atom is 0.296 e. The van der Waals surface area contributed by atoms with Crippen LogP contribution in [-0.4, -0.2) is 41.1 Å². The molecule has 0 aliphatic heterocycles. The Labute approximate surface area is 192 Å². The maximum absolute atomic E-state index is 12.9. The molecule has 0 aromatic heterocycles. The third kappa shape index (κ3) is 6.10. The fraction of sp³-hybridized carbons (Fsp3) is 0.520. The van der Waals surface area contributed by atoms with Crippen molar-refractivity contribution in [3.8, 4) is 5.75 Å². The van der Waals surface area contributed by atoms with Crippen molar-refractivity contribution in [3.05, 3.63) is 59.7 Å². The van der Waals surface area contributed by atoms with Gasteiger partial charge < -0.3 is 14.2 Å². The quantitative estimate of drug-likeness (QED) is 0.259. The molecule has 0 unspecified atom stereocenters. The van der Waals surface area contributed by atoms with E-state index in [1.807, 2.05) is 38.1 Å². The van der Waals surface area contributed by atoms with Gasteiger partial charge in [0.1, 0.15) is 12.5 Å². The summed E-state index contributed by atoms with van der Waals surface area (Å²) >= 11 is 0. The van der Waals surface area contributed by atoms with Gasteiger partial charge in [0.25, 0.3) is 10.1 Å². The Balaban J connectivity index is 1.90. The van der Waals surface area contributed by atoms with E-state index in [9.17, 15) is 8.42 Å². The Kier molecular flexibility index (Phi) is 8.71. The highest BCUT2D eigenvalue weighted by atomic mass is 32.2. The molecule has 6 nitrogen and oxygen atoms in total. The standard InChI is InChI=1S/C25H34O6S/c1-4-29-19-30-25(16-6-5-7-17-25)24(21-10-12-22(28-3)13-11-21)18-31-32(26,27)23-14-8-20(2)9-15-23/h8-15,24H,4-7,16-19H2,1-3H3/t24-/m1/s1. The van der Waals surface area contributed by atoms with E-state index in [4.69, 9.17) is 18.4 Å². The predicted octanol–water partition coefficient (Wildman–Crippen LogP) is 5.21. The third-order valence-corrected chi connectivity index (χ3v) is 7.48. The lowest BCUT2D eigenvalue weighted by Crippen LogP contribution is -2.44. The van der Waals surface area contributed by atoms with Crippen molar-refractivity contribution in [1.29, 1.82) is 0 Å². The summed E-state index contributed by atoms with van der Waals surface area (Å²) in [4.78, 5) is 0.157. The normalized spacial score (nSPS) is 17.1. The third-order valence-electron chi connectivity index (χ3n) is 6.19. The van der Waals surface area contributed by atoms with Gasteiger partial charge in [-0.25, -0.2) is 0 Å². The molecule has 0 spiro atoms. The summed E-state index contributed by atoms with van der Waals surface area (Å²) in [6.07, 6.45) is 4.82. The smallest absolute Gasteiger partial charge is 0.296 e. The lowest BCUT2D eigenvalue weighted by Gasteiger charge is -2.43. The van der Waals surface area contributed by atoms with Crippen molar-refractivity contribution >= 4 is 10.1 Å². The van der Waals surface area contributed by atoms with E-state index in [-0.39, 0.29) is 24.2 Å². The number of benzene rings is 2. The molecule has 2 aromatic carbocycles. The minimum Gasteiger partial charge on any atom is -0.497 e. The molecular formula is C25H34O6S. The zero-order chi connectivity index (χ0) is 23.0. The van der Waals surface area contributed by atoms with E-state index in [2.05, 4.69) is 0 Å². The molecule has 32 heavy (non-hydrogen) atoms. The highest BCUT2D eigenvalue weighted by molar-refractivity contribution is 7.86. The number of methoxy groups -OCH3 is 1. The van der Waals surface area contributed by atoms with Crippen molar-refractivity contribution in [3.63, 3.8) is 0 Å². The zero-order valence-electron chi connectivity index (χ0n) is 19.2. The van der Waals surface area contributed by atoms with Gasteiger partial charge in [0.05, 0.1) is 24.2 Å². The van der Waals surface area contributed by atoms with Crippen LogP contribution in [0.1, 0.15) is 56.1 Å². The Morgan fingerprint density at radius 2 is 1.62 bits per heavy atom. The molecule has 0 saturated heterocycles. The van der Waals surface area contributed by atoms with Crippen LogP contribution in [0, 0.1) is 6.92 Å². The molecule has 0 heterocycles. The number of hydrogen-bond donors (Lipinski definition) is 0. The molecule has 2 aromatic rings. The number of hydrogen-bond acceptors (Lipinski definition) is 6. The highest BCUT2D eigenvalue weighted by Gasteiger charge is 2.43. The maximum atomic E-state index is 12.9. The van der Waals surface area contributed by atoms with Crippen molar-refractivity contribution in [2.24, 2.45) is 0 Å². The topological polar surface area (TPSA) is 71.1 Å². The Hall–Kier alpha value is -1.93. The average Bonchev–Trinajstić information content (AvgIpc) is 2.80. The molecule has 1 aliphatic rings. The molecule has 1 aliphatic carbocycles. The van der Waals surface area contributed by atoms with Gasteiger partial charge in [0.2, 0.25) is 0 Å². The molecular weight excluding hydrogens is 428 g/mol. The summed E-state index contributed by atoms with van der Waals surface area (Å²) in [7, 11) is -2.27. The second-order valence-corrected chi connectivity index (χ2v) is 9.87. The molecule has 176 valence electrons. The molecule has 7 heteroatoms. The molecule has 0 N–H and O–H groups in total. The number of aryl methyl sites for hydroxylation is 1. The first-order chi connectivity index (χ1) is 15.4. The van der Waals surface area contributed by atoms with Crippen LogP contribution in [0.3, 0.4) is 0 Å². The van der Waals surface area contributed by atoms with Gasteiger partial charge in [-0.3, -0.25) is 4.18 Å². The van der Waals surface area contributed by atoms with Gasteiger partial charge in [0.15, 0.2) is 0 Å². The number of ether oxygens (including phenoxy) is 3. The summed E-state index contributed by atoms with van der Waals surface area (Å²) in [5.74, 6) is 0.475. The van der Waals surface area contributed by atoms with E-state index in [0.717, 1.165) is 49.0 Å². The van der Waals surface area contributed by atoms with Gasteiger partial charge in [-0.05, 0) is 56.5 Å². The number of rotatable bonds is 11. The molecule has 0 amide bonds. The van der Waals surface area contributed by atoms with Crippen LogP contribution in [-0.2, 0) is 23.8 Å². The lowest BCUT2D eigenvalue weighted by atomic mass is 9.73. The van der Waals surface area contributed by atoms with Gasteiger partial charge >= 0.3 is 0 Å². The van der Waals surface area contributed by atoms with Gasteiger partial charge in [-0.2, -0.15) is 8.42 Å². The van der Waals surface area contributed by atoms with E-state index in [1.54, 1.807) is 31.4 Å². The first-order valence-corrected chi connectivity index (χ1v) is 12.6. The summed E-state index contributed by atoms with van der Waals surface area (Å²) in [6.45, 7) is 4.57. The van der Waals surface area contributed by atoms with Crippen LogP contribution in [0.4, 0.5) is 0 Å². The minimum absolute atomic E-state index is 0.00529. The van der Waals surface area contributed by atoms with Crippen LogP contribution in [0.2, 0.25) is 0 Å². The van der Waals surface area contributed by atoms with Crippen molar-refractivity contribution in [1.82, 2.24) is 0 Å². The Morgan fingerprint density at radius 3 is 2.22 bits per heavy atom. The summed E-state index contributed by atoms with van der Waals surface area (Å²) in [6, 6.07) is 14.4. The molecule has 0 radical (unpaired) electrons. The summed E-state index contributed by atoms with van der Waals surface area (Å²) < 4.78 is 48.6. The van der Waals surface area contributed by atoms with Crippen LogP contribution in [0.15, 0.2) is 53.4 Å². The second-order valence-electron chi connectivity index (χ2n) is 8.26. The van der Waals surface area contributed by atoms with E-state index in [1.165, 1.54) is 0 Å². The molecule has 1 atom stereocenters. The van der Waals surface area contributed by atoms with Crippen LogP contribution in [0.25, 0.3) is 0 Å². The summed E-state index contributed by atoms with van der Waals surface area (Å²) in [5.41, 5.74) is 1.40. The Bertz CT molecular complexity index is 931. The van der Waals surface area contributed by atoms with Gasteiger partial charge in [0, 0.05) is 12.5 Å². The van der Waals surface area contributed by atoms with Crippen molar-refractivity contribution < 1.29 is 26.8 Å². The van der Waals surface area contributed by atoms with E-state index < -0.39 is 15.7 Å². The van der Waals surface area contributed by atoms with E-state index >= 15 is 0 Å². The van der Waals surface area contributed by atoms with Crippen molar-refractivity contribution in [2.75, 3.05) is 27.1 Å². The van der Waals surface area contributed by atoms with Crippen molar-refractivity contribution in [2.45, 2.75) is 62.4 Å². The second kappa shape index (κ2) is 11.3. The highest BCUT2D eigenvalue weighted by Crippen LogP contribution is 2.44. The van der Waals surface area contributed by atoms with E-state index in [0.29, 0.717) is 6.61 Å². The Morgan fingerprint density at radius 1 is 0.969 bits per heavy atom. The average molecular weight is 463 g/mol. The fourth-order valence-corrected chi connectivity index (χ4v) is 5.23. The summed E-state index contributed by atoms with van der Waals surface area (Å²) in [5, 5.41) is 0. The molecule has 3 rings (SSSR count). The largest absolute Gasteiger partial charge is 0.497 e.